The molecule has 5 amide bonds. The summed E-state index contributed by atoms with van der Waals surface area (Å²) in [5.41, 5.74) is 1.04. The molecule has 0 spiro atoms. The number of hydrogen-bond donors (Lipinski definition) is 2. The van der Waals surface area contributed by atoms with Crippen molar-refractivity contribution in [2.24, 2.45) is 0 Å². The SMILES string of the molecule is C=CC1=C(/C=C/NCC(=O)N2CCN(C)C(=O)C2)C(=O)N(C2CCC(=O)NC2=O)C1. The van der Waals surface area contributed by atoms with E-state index >= 15 is 0 Å². The normalized spacial score (nSPS) is 22.8. The van der Waals surface area contributed by atoms with Gasteiger partial charge >= 0.3 is 0 Å². The smallest absolute Gasteiger partial charge is 0.255 e. The zero-order chi connectivity index (χ0) is 21.8. The average Bonchev–Trinajstić information content (AvgIpc) is 3.02. The average molecular weight is 415 g/mol. The van der Waals surface area contributed by atoms with Crippen molar-refractivity contribution in [3.63, 3.8) is 0 Å². The number of rotatable bonds is 6. The van der Waals surface area contributed by atoms with Crippen LogP contribution in [0.3, 0.4) is 0 Å². The molecular formula is C20H25N5O5. The Hall–Kier alpha value is -3.43. The first-order valence-electron chi connectivity index (χ1n) is 9.73. The van der Waals surface area contributed by atoms with Crippen LogP contribution in [0.2, 0.25) is 0 Å². The van der Waals surface area contributed by atoms with Gasteiger partial charge in [0.2, 0.25) is 23.6 Å². The van der Waals surface area contributed by atoms with Crippen LogP contribution in [-0.2, 0) is 24.0 Å². The molecule has 3 heterocycles. The van der Waals surface area contributed by atoms with E-state index in [2.05, 4.69) is 17.2 Å². The Morgan fingerprint density at radius 3 is 2.67 bits per heavy atom. The highest BCUT2D eigenvalue weighted by Gasteiger charge is 2.39. The van der Waals surface area contributed by atoms with Crippen LogP contribution in [0.15, 0.2) is 36.1 Å². The number of likely N-dealkylation sites (N-methyl/N-ethyl adjacent to an activating group) is 1. The van der Waals surface area contributed by atoms with E-state index in [-0.39, 0.29) is 56.1 Å². The molecule has 0 bridgehead atoms. The largest absolute Gasteiger partial charge is 0.382 e. The molecular weight excluding hydrogens is 390 g/mol. The molecule has 0 radical (unpaired) electrons. The van der Waals surface area contributed by atoms with Crippen molar-refractivity contribution in [3.05, 3.63) is 36.1 Å². The summed E-state index contributed by atoms with van der Waals surface area (Å²) in [5.74, 6) is -1.44. The second-order valence-corrected chi connectivity index (χ2v) is 7.39. The maximum atomic E-state index is 12.8. The Bertz CT molecular complexity index is 862. The van der Waals surface area contributed by atoms with Crippen LogP contribution >= 0.6 is 0 Å². The molecule has 3 aliphatic heterocycles. The number of piperazine rings is 1. The predicted octanol–water partition coefficient (Wildman–Crippen LogP) is -1.48. The number of piperidine rings is 1. The number of amides is 5. The van der Waals surface area contributed by atoms with Crippen molar-refractivity contribution in [1.82, 2.24) is 25.3 Å². The summed E-state index contributed by atoms with van der Waals surface area (Å²) in [6.45, 7) is 5.00. The fraction of sp³-hybridized carbons (Fsp3) is 0.450. The molecule has 160 valence electrons. The Morgan fingerprint density at radius 2 is 2.00 bits per heavy atom. The highest BCUT2D eigenvalue weighted by atomic mass is 16.2. The number of imide groups is 1. The quantitative estimate of drug-likeness (QED) is 0.511. The maximum Gasteiger partial charge on any atom is 0.255 e. The number of carbonyl (C=O) groups excluding carboxylic acids is 5. The Balaban J connectivity index is 1.56. The molecule has 0 saturated carbocycles. The second kappa shape index (κ2) is 8.93. The van der Waals surface area contributed by atoms with Gasteiger partial charge in [0, 0.05) is 38.7 Å². The van der Waals surface area contributed by atoms with Crippen LogP contribution in [0.5, 0.6) is 0 Å². The summed E-state index contributed by atoms with van der Waals surface area (Å²) in [6, 6.07) is -0.694. The second-order valence-electron chi connectivity index (χ2n) is 7.39. The van der Waals surface area contributed by atoms with Crippen LogP contribution in [-0.4, -0.2) is 90.0 Å². The first kappa shape index (κ1) is 21.3. The van der Waals surface area contributed by atoms with Crippen molar-refractivity contribution in [1.29, 1.82) is 0 Å². The van der Waals surface area contributed by atoms with Gasteiger partial charge in [-0.2, -0.15) is 0 Å². The van der Waals surface area contributed by atoms with Crippen molar-refractivity contribution >= 4 is 29.5 Å². The standard InChI is InChI=1S/C20H25N5O5/c1-3-13-11-25(15-4-5-16(26)22-19(15)29)20(30)14(13)6-7-21-10-17(27)24-9-8-23(2)18(28)12-24/h3,6-7,15,21H,1,4-5,8-12H2,2H3,(H,22,26,29)/b7-6+. The molecule has 1 unspecified atom stereocenters. The lowest BCUT2D eigenvalue weighted by Gasteiger charge is -2.31. The molecule has 1 atom stereocenters. The van der Waals surface area contributed by atoms with Crippen LogP contribution in [0.25, 0.3) is 0 Å². The third-order valence-electron chi connectivity index (χ3n) is 5.44. The molecule has 10 heteroatoms. The van der Waals surface area contributed by atoms with Crippen molar-refractivity contribution in [2.75, 3.05) is 39.8 Å². The van der Waals surface area contributed by atoms with Gasteiger partial charge < -0.3 is 20.0 Å². The van der Waals surface area contributed by atoms with E-state index in [4.69, 9.17) is 0 Å². The van der Waals surface area contributed by atoms with E-state index in [9.17, 15) is 24.0 Å². The van der Waals surface area contributed by atoms with Crippen LogP contribution < -0.4 is 10.6 Å². The molecule has 0 aromatic heterocycles. The first-order valence-corrected chi connectivity index (χ1v) is 9.73. The van der Waals surface area contributed by atoms with Gasteiger partial charge in [-0.15, -0.1) is 0 Å². The molecule has 30 heavy (non-hydrogen) atoms. The van der Waals surface area contributed by atoms with E-state index in [1.807, 2.05) is 0 Å². The lowest BCUT2D eigenvalue weighted by Crippen LogP contribution is -2.53. The fourth-order valence-corrected chi connectivity index (χ4v) is 3.59. The van der Waals surface area contributed by atoms with E-state index < -0.39 is 11.9 Å². The molecule has 0 aromatic rings. The molecule has 3 aliphatic rings. The summed E-state index contributed by atoms with van der Waals surface area (Å²) in [7, 11) is 1.70. The molecule has 10 nitrogen and oxygen atoms in total. The van der Waals surface area contributed by atoms with Gasteiger partial charge in [0.15, 0.2) is 0 Å². The predicted molar refractivity (Wildman–Crippen MR) is 106 cm³/mol. The van der Waals surface area contributed by atoms with Gasteiger partial charge in [-0.25, -0.2) is 0 Å². The third kappa shape index (κ3) is 4.42. The van der Waals surface area contributed by atoms with Crippen molar-refractivity contribution < 1.29 is 24.0 Å². The molecule has 0 aromatic carbocycles. The van der Waals surface area contributed by atoms with Gasteiger partial charge in [-0.3, -0.25) is 29.3 Å². The minimum atomic E-state index is -0.694. The van der Waals surface area contributed by atoms with Crippen LogP contribution in [0.4, 0.5) is 0 Å². The molecule has 0 aliphatic carbocycles. The fourth-order valence-electron chi connectivity index (χ4n) is 3.59. The Kier molecular flexibility index (Phi) is 6.34. The Morgan fingerprint density at radius 1 is 1.23 bits per heavy atom. The van der Waals surface area contributed by atoms with Crippen molar-refractivity contribution in [3.8, 4) is 0 Å². The lowest BCUT2D eigenvalue weighted by molar-refractivity contribution is -0.143. The van der Waals surface area contributed by atoms with Gasteiger partial charge in [0.25, 0.3) is 5.91 Å². The summed E-state index contributed by atoms with van der Waals surface area (Å²) < 4.78 is 0. The summed E-state index contributed by atoms with van der Waals surface area (Å²) in [6.07, 6.45) is 5.08. The number of carbonyl (C=O) groups is 5. The summed E-state index contributed by atoms with van der Waals surface area (Å²) >= 11 is 0. The van der Waals surface area contributed by atoms with Gasteiger partial charge in [-0.1, -0.05) is 12.7 Å². The number of nitrogens with zero attached hydrogens (tertiary/aromatic N) is 3. The van der Waals surface area contributed by atoms with E-state index in [0.717, 1.165) is 0 Å². The van der Waals surface area contributed by atoms with Crippen LogP contribution in [0.1, 0.15) is 12.8 Å². The highest BCUT2D eigenvalue weighted by Crippen LogP contribution is 2.26. The van der Waals surface area contributed by atoms with Crippen LogP contribution in [0, 0.1) is 0 Å². The lowest BCUT2D eigenvalue weighted by atomic mass is 10.0. The minimum absolute atomic E-state index is 0.00472. The summed E-state index contributed by atoms with van der Waals surface area (Å²) in [4.78, 5) is 64.7. The maximum absolute atomic E-state index is 12.8. The highest BCUT2D eigenvalue weighted by molar-refractivity contribution is 6.06. The molecule has 2 fully saturated rings. The topological polar surface area (TPSA) is 119 Å². The van der Waals surface area contributed by atoms with E-state index in [0.29, 0.717) is 24.2 Å². The molecule has 2 N–H and O–H groups in total. The van der Waals surface area contributed by atoms with E-state index in [1.54, 1.807) is 24.1 Å². The number of hydrogen-bond acceptors (Lipinski definition) is 6. The zero-order valence-electron chi connectivity index (χ0n) is 16.8. The molecule has 3 rings (SSSR count). The number of nitrogens with one attached hydrogen (secondary N) is 2. The van der Waals surface area contributed by atoms with E-state index in [1.165, 1.54) is 16.0 Å². The van der Waals surface area contributed by atoms with Gasteiger partial charge in [-0.05, 0) is 24.3 Å². The van der Waals surface area contributed by atoms with Crippen molar-refractivity contribution in [2.45, 2.75) is 18.9 Å². The minimum Gasteiger partial charge on any atom is -0.382 e. The molecule has 2 saturated heterocycles. The summed E-state index contributed by atoms with van der Waals surface area (Å²) in [5, 5.41) is 5.11. The Labute approximate surface area is 174 Å². The third-order valence-corrected chi connectivity index (χ3v) is 5.44. The first-order chi connectivity index (χ1) is 14.3. The zero-order valence-corrected chi connectivity index (χ0v) is 16.8. The van der Waals surface area contributed by atoms with Gasteiger partial charge in [0.1, 0.15) is 6.04 Å². The monoisotopic (exact) mass is 415 g/mol. The van der Waals surface area contributed by atoms with Gasteiger partial charge in [0.05, 0.1) is 13.1 Å².